The van der Waals surface area contributed by atoms with E-state index >= 15 is 0 Å². The summed E-state index contributed by atoms with van der Waals surface area (Å²) < 4.78 is 0. The van der Waals surface area contributed by atoms with Crippen molar-refractivity contribution in [2.75, 3.05) is 13.1 Å². The maximum absolute atomic E-state index is 3.76. The molecule has 0 saturated carbocycles. The topological polar surface area (TPSA) is 24.1 Å². The zero-order chi connectivity index (χ0) is 13.0. The standard InChI is InChI=1S/C16H26N2/c1-12(2)13(3)10-18-16-8-9-17-11-14-6-4-5-7-15(14)16/h4-7,12-13,16-18H,8-11H2,1-3H3. The predicted molar refractivity (Wildman–Crippen MR) is 77.5 cm³/mol. The number of hydrogen-bond acceptors (Lipinski definition) is 2. The highest BCUT2D eigenvalue weighted by molar-refractivity contribution is 5.30. The van der Waals surface area contributed by atoms with Gasteiger partial charge in [0.2, 0.25) is 0 Å². The monoisotopic (exact) mass is 246 g/mol. The molecule has 0 amide bonds. The Kier molecular flexibility index (Phi) is 4.79. The van der Waals surface area contributed by atoms with Crippen molar-refractivity contribution >= 4 is 0 Å². The minimum atomic E-state index is 0.511. The molecule has 1 aliphatic heterocycles. The van der Waals surface area contributed by atoms with Gasteiger partial charge in [0.15, 0.2) is 0 Å². The Morgan fingerprint density at radius 1 is 1.28 bits per heavy atom. The van der Waals surface area contributed by atoms with Crippen LogP contribution in [0.3, 0.4) is 0 Å². The number of fused-ring (bicyclic) bond motifs is 1. The van der Waals surface area contributed by atoms with Gasteiger partial charge in [0.1, 0.15) is 0 Å². The Balaban J connectivity index is 2.04. The van der Waals surface area contributed by atoms with Gasteiger partial charge in [-0.05, 0) is 42.5 Å². The van der Waals surface area contributed by atoms with Crippen LogP contribution in [0.15, 0.2) is 24.3 Å². The molecule has 1 heterocycles. The highest BCUT2D eigenvalue weighted by atomic mass is 14.9. The molecule has 2 heteroatoms. The van der Waals surface area contributed by atoms with Gasteiger partial charge in [-0.2, -0.15) is 0 Å². The molecule has 100 valence electrons. The normalized spacial score (nSPS) is 21.4. The van der Waals surface area contributed by atoms with E-state index in [9.17, 15) is 0 Å². The van der Waals surface area contributed by atoms with Crippen molar-refractivity contribution in [2.45, 2.75) is 39.8 Å². The molecule has 1 aromatic carbocycles. The van der Waals surface area contributed by atoms with E-state index in [4.69, 9.17) is 0 Å². The third-order valence-electron chi connectivity index (χ3n) is 4.18. The van der Waals surface area contributed by atoms with Gasteiger partial charge in [-0.3, -0.25) is 0 Å². The molecule has 2 nitrogen and oxygen atoms in total. The van der Waals surface area contributed by atoms with Crippen LogP contribution in [0.25, 0.3) is 0 Å². The molecule has 0 fully saturated rings. The molecule has 18 heavy (non-hydrogen) atoms. The smallest absolute Gasteiger partial charge is 0.0335 e. The molecule has 2 rings (SSSR count). The van der Waals surface area contributed by atoms with Gasteiger partial charge in [0, 0.05) is 12.6 Å². The highest BCUT2D eigenvalue weighted by Crippen LogP contribution is 2.24. The first-order valence-corrected chi connectivity index (χ1v) is 7.20. The Hall–Kier alpha value is -0.860. The largest absolute Gasteiger partial charge is 0.313 e. The van der Waals surface area contributed by atoms with Gasteiger partial charge in [0.25, 0.3) is 0 Å². The van der Waals surface area contributed by atoms with Crippen LogP contribution in [0.4, 0.5) is 0 Å². The van der Waals surface area contributed by atoms with Gasteiger partial charge >= 0.3 is 0 Å². The van der Waals surface area contributed by atoms with E-state index in [1.807, 2.05) is 0 Å². The zero-order valence-electron chi connectivity index (χ0n) is 11.9. The van der Waals surface area contributed by atoms with E-state index in [2.05, 4.69) is 55.7 Å². The summed E-state index contributed by atoms with van der Waals surface area (Å²) in [5.41, 5.74) is 2.93. The van der Waals surface area contributed by atoms with Crippen molar-refractivity contribution in [1.82, 2.24) is 10.6 Å². The number of benzene rings is 1. The molecule has 2 N–H and O–H groups in total. The average molecular weight is 246 g/mol. The molecule has 0 spiro atoms. The summed E-state index contributed by atoms with van der Waals surface area (Å²) in [5.74, 6) is 1.48. The molecule has 2 unspecified atom stereocenters. The van der Waals surface area contributed by atoms with E-state index < -0.39 is 0 Å². The number of hydrogen-bond donors (Lipinski definition) is 2. The predicted octanol–water partition coefficient (Wildman–Crippen LogP) is 3.10. The van der Waals surface area contributed by atoms with E-state index in [0.29, 0.717) is 6.04 Å². The van der Waals surface area contributed by atoms with E-state index in [1.165, 1.54) is 17.5 Å². The molecule has 0 aliphatic carbocycles. The van der Waals surface area contributed by atoms with E-state index in [-0.39, 0.29) is 0 Å². The molecule has 0 bridgehead atoms. The van der Waals surface area contributed by atoms with Crippen molar-refractivity contribution in [2.24, 2.45) is 11.8 Å². The van der Waals surface area contributed by atoms with Crippen molar-refractivity contribution in [1.29, 1.82) is 0 Å². The second kappa shape index (κ2) is 6.35. The molecule has 1 aliphatic rings. The number of rotatable bonds is 4. The minimum Gasteiger partial charge on any atom is -0.313 e. The van der Waals surface area contributed by atoms with Crippen LogP contribution >= 0.6 is 0 Å². The first-order chi connectivity index (χ1) is 8.68. The SMILES string of the molecule is CC(C)C(C)CNC1CCNCc2ccccc21. The van der Waals surface area contributed by atoms with Crippen molar-refractivity contribution < 1.29 is 0 Å². The summed E-state index contributed by atoms with van der Waals surface area (Å²) in [6, 6.07) is 9.33. The Morgan fingerprint density at radius 3 is 2.83 bits per heavy atom. The fourth-order valence-electron chi connectivity index (χ4n) is 2.44. The van der Waals surface area contributed by atoms with Crippen LogP contribution in [-0.4, -0.2) is 13.1 Å². The maximum atomic E-state index is 3.76. The molecular formula is C16H26N2. The van der Waals surface area contributed by atoms with Crippen molar-refractivity contribution in [3.63, 3.8) is 0 Å². The van der Waals surface area contributed by atoms with Crippen LogP contribution < -0.4 is 10.6 Å². The summed E-state index contributed by atoms with van der Waals surface area (Å²) >= 11 is 0. The third kappa shape index (κ3) is 3.33. The lowest BCUT2D eigenvalue weighted by molar-refractivity contribution is 0.363. The number of nitrogens with one attached hydrogen (secondary N) is 2. The Morgan fingerprint density at radius 2 is 2.06 bits per heavy atom. The summed E-state index contributed by atoms with van der Waals surface area (Å²) in [5, 5.41) is 7.26. The van der Waals surface area contributed by atoms with Gasteiger partial charge in [-0.1, -0.05) is 45.0 Å². The molecule has 0 aromatic heterocycles. The van der Waals surface area contributed by atoms with Crippen molar-refractivity contribution in [3.05, 3.63) is 35.4 Å². The molecule has 1 aromatic rings. The first-order valence-electron chi connectivity index (χ1n) is 7.20. The lowest BCUT2D eigenvalue weighted by atomic mass is 9.95. The zero-order valence-corrected chi connectivity index (χ0v) is 11.9. The quantitative estimate of drug-likeness (QED) is 0.853. The molecule has 2 atom stereocenters. The Labute approximate surface area is 111 Å². The van der Waals surface area contributed by atoms with Crippen molar-refractivity contribution in [3.8, 4) is 0 Å². The fourth-order valence-corrected chi connectivity index (χ4v) is 2.44. The molecule has 0 saturated heterocycles. The molecule has 0 radical (unpaired) electrons. The van der Waals surface area contributed by atoms with Gasteiger partial charge in [0.05, 0.1) is 0 Å². The fraction of sp³-hybridized carbons (Fsp3) is 0.625. The second-order valence-corrected chi connectivity index (χ2v) is 5.85. The van der Waals surface area contributed by atoms with Crippen LogP contribution in [0.5, 0.6) is 0 Å². The van der Waals surface area contributed by atoms with Crippen LogP contribution in [-0.2, 0) is 6.54 Å². The van der Waals surface area contributed by atoms with Gasteiger partial charge < -0.3 is 10.6 Å². The molecular weight excluding hydrogens is 220 g/mol. The lowest BCUT2D eigenvalue weighted by Crippen LogP contribution is -2.29. The summed E-state index contributed by atoms with van der Waals surface area (Å²) in [6.07, 6.45) is 1.18. The van der Waals surface area contributed by atoms with Crippen LogP contribution in [0, 0.1) is 11.8 Å². The minimum absolute atomic E-state index is 0.511. The van der Waals surface area contributed by atoms with E-state index in [1.54, 1.807) is 0 Å². The third-order valence-corrected chi connectivity index (χ3v) is 4.18. The average Bonchev–Trinajstić information content (AvgIpc) is 2.58. The van der Waals surface area contributed by atoms with Crippen LogP contribution in [0.1, 0.15) is 44.4 Å². The second-order valence-electron chi connectivity index (χ2n) is 5.85. The van der Waals surface area contributed by atoms with Crippen LogP contribution in [0.2, 0.25) is 0 Å². The highest BCUT2D eigenvalue weighted by Gasteiger charge is 2.18. The summed E-state index contributed by atoms with van der Waals surface area (Å²) in [4.78, 5) is 0. The first kappa shape index (κ1) is 13.6. The lowest BCUT2D eigenvalue weighted by Gasteiger charge is -2.23. The summed E-state index contributed by atoms with van der Waals surface area (Å²) in [7, 11) is 0. The maximum Gasteiger partial charge on any atom is 0.0335 e. The van der Waals surface area contributed by atoms with Gasteiger partial charge in [-0.25, -0.2) is 0 Å². The van der Waals surface area contributed by atoms with E-state index in [0.717, 1.165) is 31.5 Å². The Bertz CT molecular complexity index is 373. The van der Waals surface area contributed by atoms with Gasteiger partial charge in [-0.15, -0.1) is 0 Å². The summed E-state index contributed by atoms with van der Waals surface area (Å²) in [6.45, 7) is 10.1.